The zero-order valence-corrected chi connectivity index (χ0v) is 44.6. The van der Waals surface area contributed by atoms with Crippen LogP contribution in [0.15, 0.2) is 0 Å². The fraction of sp³-hybridized carbons (Fsp3) is 1.00. The van der Waals surface area contributed by atoms with Gasteiger partial charge >= 0.3 is 0 Å². The van der Waals surface area contributed by atoms with Crippen LogP contribution in [0.4, 0.5) is 0 Å². The summed E-state index contributed by atoms with van der Waals surface area (Å²) in [4.78, 5) is 0. The van der Waals surface area contributed by atoms with E-state index in [0.29, 0.717) is 87.3 Å². The quantitative estimate of drug-likeness (QED) is 0.0515. The molecule has 8 atom stereocenters. The van der Waals surface area contributed by atoms with Crippen LogP contribution in [-0.4, -0.2) is 155 Å². The average Bonchev–Trinajstić information content (AvgIpc) is 4.32. The van der Waals surface area contributed by atoms with Crippen LogP contribution in [0.5, 0.6) is 0 Å². The lowest BCUT2D eigenvalue weighted by Crippen LogP contribution is -2.40. The Kier molecular flexibility index (Phi) is 24.7. The van der Waals surface area contributed by atoms with Gasteiger partial charge in [-0.2, -0.15) is 0 Å². The Morgan fingerprint density at radius 3 is 1.16 bits per heavy atom. The van der Waals surface area contributed by atoms with E-state index in [-0.39, 0.29) is 35.1 Å². The summed E-state index contributed by atoms with van der Waals surface area (Å²) < 4.78 is 61.6. The summed E-state index contributed by atoms with van der Waals surface area (Å²) in [6.45, 7) is 20.4. The molecule has 2 aliphatic heterocycles. The molecule has 0 aromatic heterocycles. The molecule has 4 saturated carbocycles. The largest absolute Gasteiger partial charge is 0.391 e. The highest BCUT2D eigenvalue weighted by molar-refractivity contribution is 4.85. The van der Waals surface area contributed by atoms with E-state index in [4.69, 9.17) is 53.1 Å². The predicted octanol–water partition coefficient (Wildman–Crippen LogP) is 9.27. The monoisotopic (exact) mass is 982 g/mol. The van der Waals surface area contributed by atoms with Crippen molar-refractivity contribution in [2.24, 2.45) is 29.4 Å². The second-order valence-electron chi connectivity index (χ2n) is 23.7. The number of aliphatic hydroxyl groups is 2. The molecular formula is C56H103NO12. The molecule has 0 spiro atoms. The van der Waals surface area contributed by atoms with Gasteiger partial charge in [0.15, 0.2) is 0 Å². The van der Waals surface area contributed by atoms with E-state index in [9.17, 15) is 10.2 Å². The third-order valence-electron chi connectivity index (χ3n) is 17.2. The normalized spacial score (nSPS) is 33.7. The highest BCUT2D eigenvalue weighted by Crippen LogP contribution is 2.35. The van der Waals surface area contributed by atoms with Crippen LogP contribution in [-0.2, 0) is 47.4 Å². The van der Waals surface area contributed by atoms with Crippen LogP contribution < -0.4 is 5.73 Å². The summed E-state index contributed by atoms with van der Waals surface area (Å²) in [5, 5.41) is 22.1. The van der Waals surface area contributed by atoms with Crippen molar-refractivity contribution in [2.75, 3.05) is 72.6 Å². The van der Waals surface area contributed by atoms with Gasteiger partial charge in [0, 0.05) is 32.4 Å². The molecule has 0 aromatic carbocycles. The lowest BCUT2D eigenvalue weighted by atomic mass is 9.87. The minimum atomic E-state index is -0.544. The number of aliphatic hydroxyl groups excluding tert-OH is 2. The summed E-state index contributed by atoms with van der Waals surface area (Å²) in [6, 6.07) is 0. The maximum atomic E-state index is 11.1. The van der Waals surface area contributed by atoms with Gasteiger partial charge in [0.1, 0.15) is 12.2 Å². The van der Waals surface area contributed by atoms with Gasteiger partial charge in [-0.15, -0.1) is 0 Å². The van der Waals surface area contributed by atoms with Gasteiger partial charge in [-0.3, -0.25) is 0 Å². The Labute approximate surface area is 419 Å². The van der Waals surface area contributed by atoms with Gasteiger partial charge in [0.05, 0.1) is 119 Å². The van der Waals surface area contributed by atoms with Gasteiger partial charge in [-0.25, -0.2) is 0 Å². The van der Waals surface area contributed by atoms with Gasteiger partial charge in [0.25, 0.3) is 0 Å². The third-order valence-corrected chi connectivity index (χ3v) is 17.2. The molecule has 2 heterocycles. The van der Waals surface area contributed by atoms with Crippen LogP contribution in [0.1, 0.15) is 189 Å². The van der Waals surface area contributed by atoms with Crippen molar-refractivity contribution in [1.29, 1.82) is 0 Å². The van der Waals surface area contributed by atoms with Crippen molar-refractivity contribution < 1.29 is 57.6 Å². The molecule has 0 bridgehead atoms. The van der Waals surface area contributed by atoms with E-state index in [1.54, 1.807) is 0 Å². The molecule has 13 heteroatoms. The Morgan fingerprint density at radius 2 is 0.826 bits per heavy atom. The number of hydrogen-bond acceptors (Lipinski definition) is 13. The van der Waals surface area contributed by atoms with Crippen molar-refractivity contribution >= 4 is 0 Å². The number of rotatable bonds is 35. The summed E-state index contributed by atoms with van der Waals surface area (Å²) in [5.74, 6) is 2.11. The third kappa shape index (κ3) is 21.7. The molecule has 2 saturated heterocycles. The topological polar surface area (TPSA) is 165 Å². The van der Waals surface area contributed by atoms with Crippen LogP contribution >= 0.6 is 0 Å². The lowest BCUT2D eigenvalue weighted by molar-refractivity contribution is -0.111. The molecule has 8 unspecified atom stereocenters. The molecule has 0 aromatic rings. The van der Waals surface area contributed by atoms with E-state index < -0.39 is 12.2 Å². The average molecular weight is 982 g/mol. The van der Waals surface area contributed by atoms with Crippen molar-refractivity contribution in [3.63, 3.8) is 0 Å². The first kappa shape index (κ1) is 57.8. The molecule has 69 heavy (non-hydrogen) atoms. The van der Waals surface area contributed by atoms with Crippen molar-refractivity contribution in [3.05, 3.63) is 0 Å². The summed E-state index contributed by atoms with van der Waals surface area (Å²) in [6.07, 6.45) is 23.5. The summed E-state index contributed by atoms with van der Waals surface area (Å²) in [7, 11) is 0. The molecular weight excluding hydrogens is 879 g/mol. The Morgan fingerprint density at radius 1 is 0.478 bits per heavy atom. The molecule has 4 N–H and O–H groups in total. The lowest BCUT2D eigenvalue weighted by Gasteiger charge is -2.37. The van der Waals surface area contributed by atoms with Gasteiger partial charge < -0.3 is 63.3 Å². The fourth-order valence-corrected chi connectivity index (χ4v) is 11.6. The number of hydrogen-bond donors (Lipinski definition) is 3. The number of ether oxygens (including phenoxy) is 10. The van der Waals surface area contributed by atoms with E-state index in [2.05, 4.69) is 41.5 Å². The minimum absolute atomic E-state index is 0.0412. The molecule has 0 radical (unpaired) electrons. The molecule has 404 valence electrons. The van der Waals surface area contributed by atoms with Gasteiger partial charge in [0.2, 0.25) is 0 Å². The maximum absolute atomic E-state index is 11.1. The molecule has 6 fully saturated rings. The Balaban J connectivity index is 0.792. The van der Waals surface area contributed by atoms with Crippen LogP contribution in [0.3, 0.4) is 0 Å². The van der Waals surface area contributed by atoms with E-state index in [0.717, 1.165) is 181 Å². The van der Waals surface area contributed by atoms with Gasteiger partial charge in [-0.1, -0.05) is 27.2 Å². The van der Waals surface area contributed by atoms with Crippen LogP contribution in [0.25, 0.3) is 0 Å². The highest BCUT2D eigenvalue weighted by atomic mass is 16.6. The number of nitrogens with two attached hydrogens (primary N) is 1. The first-order valence-electron chi connectivity index (χ1n) is 28.6. The first-order valence-corrected chi connectivity index (χ1v) is 28.6. The van der Waals surface area contributed by atoms with Crippen LogP contribution in [0.2, 0.25) is 0 Å². The smallest absolute Gasteiger partial charge is 0.104 e. The Bertz CT molecular complexity index is 1360. The first-order chi connectivity index (χ1) is 33.3. The molecule has 0 amide bonds. The molecule has 6 aliphatic rings. The Hall–Kier alpha value is -0.520. The second-order valence-corrected chi connectivity index (χ2v) is 23.7. The van der Waals surface area contributed by atoms with Crippen molar-refractivity contribution in [1.82, 2.24) is 0 Å². The number of epoxide rings is 2. The minimum Gasteiger partial charge on any atom is -0.391 e. The highest BCUT2D eigenvalue weighted by Gasteiger charge is 2.36. The second kappa shape index (κ2) is 29.5. The van der Waals surface area contributed by atoms with E-state index >= 15 is 0 Å². The van der Waals surface area contributed by atoms with Crippen molar-refractivity contribution in [3.8, 4) is 0 Å². The fourth-order valence-electron chi connectivity index (χ4n) is 11.6. The summed E-state index contributed by atoms with van der Waals surface area (Å²) >= 11 is 0. The molecule has 4 aliphatic carbocycles. The van der Waals surface area contributed by atoms with Crippen LogP contribution in [0, 0.1) is 23.7 Å². The SMILES string of the molecule is CCCC(C)(CC(CN)OCC1CCC(OCC(O)CC(C)(CC)OCC2CCC(OCC3CO3)CC2)CC1)OCC1CCC(OCC(O)CC(C)(CC)OCC2CCC(OCC3CO3)CC2)CC1. The zero-order valence-electron chi connectivity index (χ0n) is 44.6. The molecule has 13 nitrogen and oxygen atoms in total. The zero-order chi connectivity index (χ0) is 49.1. The maximum Gasteiger partial charge on any atom is 0.104 e. The molecule has 6 rings (SSSR count). The standard InChI is InChI=1S/C56H103NO12/c1-7-26-56(6,69-34-44-12-20-48(21-13-44)62-36-46(59)28-55(5,9-3)68-33-43-16-24-50(25-17-43)64-38-53-40-66-53)29-51(30-57)60-31-41-10-18-47(19-11-41)61-35-45(58)27-54(4,8-2)67-32-42-14-22-49(23-15-42)63-37-52-39-65-52/h41-53,58-59H,7-40,57H2,1-6H3. The van der Waals surface area contributed by atoms with E-state index in [1.807, 2.05) is 0 Å². The van der Waals surface area contributed by atoms with E-state index in [1.165, 1.54) is 0 Å². The van der Waals surface area contributed by atoms with Gasteiger partial charge in [-0.05, 0) is 166 Å². The van der Waals surface area contributed by atoms with Crippen molar-refractivity contribution in [2.45, 2.75) is 261 Å². The predicted molar refractivity (Wildman–Crippen MR) is 269 cm³/mol. The summed E-state index contributed by atoms with van der Waals surface area (Å²) in [5.41, 5.74) is 5.35.